The van der Waals surface area contributed by atoms with Crippen molar-refractivity contribution in [3.05, 3.63) is 69.1 Å². The smallest absolute Gasteiger partial charge is 0.269 e. The molecule has 0 fully saturated rings. The highest BCUT2D eigenvalue weighted by Gasteiger charge is 2.14. The van der Waals surface area contributed by atoms with Gasteiger partial charge in [0.25, 0.3) is 11.6 Å². The van der Waals surface area contributed by atoms with Gasteiger partial charge in [0, 0.05) is 23.1 Å². The van der Waals surface area contributed by atoms with Gasteiger partial charge < -0.3 is 9.47 Å². The molecule has 1 amide bonds. The van der Waals surface area contributed by atoms with Crippen molar-refractivity contribution >= 4 is 34.1 Å². The van der Waals surface area contributed by atoms with Crippen LogP contribution in [0.25, 0.3) is 17.3 Å². The Morgan fingerprint density at radius 3 is 2.66 bits per heavy atom. The molecule has 0 saturated heterocycles. The molecule has 0 radical (unpaired) electrons. The largest absolute Gasteiger partial charge is 0.493 e. The number of aromatic nitrogens is 1. The van der Waals surface area contributed by atoms with E-state index in [1.165, 1.54) is 36.7 Å². The van der Waals surface area contributed by atoms with Crippen LogP contribution in [0.1, 0.15) is 12.5 Å². The van der Waals surface area contributed by atoms with E-state index in [9.17, 15) is 20.2 Å². The standard InChI is InChI=1S/C22H18N4O5S/c1-3-31-19-9-4-14(11-20(19)30-2)10-16(12-23)21(27)25-22-24-18(13-32-22)15-5-7-17(8-6-15)26(28)29/h4-11,13H,3H2,1-2H3,(H,24,25,27). The molecule has 0 aliphatic carbocycles. The molecule has 1 N–H and O–H groups in total. The van der Waals surface area contributed by atoms with Crippen LogP contribution in [0.5, 0.6) is 11.5 Å². The average molecular weight is 450 g/mol. The van der Waals surface area contributed by atoms with E-state index in [-0.39, 0.29) is 11.3 Å². The number of nitrogens with one attached hydrogen (secondary N) is 1. The number of anilines is 1. The van der Waals surface area contributed by atoms with Crippen molar-refractivity contribution in [1.82, 2.24) is 4.98 Å². The second kappa shape index (κ2) is 10.2. The minimum atomic E-state index is -0.607. The molecule has 0 atom stereocenters. The summed E-state index contributed by atoms with van der Waals surface area (Å²) >= 11 is 1.18. The lowest BCUT2D eigenvalue weighted by Crippen LogP contribution is -2.13. The number of rotatable bonds is 8. The minimum Gasteiger partial charge on any atom is -0.493 e. The number of amides is 1. The molecule has 162 valence electrons. The third-order valence-electron chi connectivity index (χ3n) is 4.26. The highest BCUT2D eigenvalue weighted by Crippen LogP contribution is 2.29. The molecule has 2 aromatic carbocycles. The maximum Gasteiger partial charge on any atom is 0.269 e. The van der Waals surface area contributed by atoms with Gasteiger partial charge >= 0.3 is 0 Å². The molecule has 0 aliphatic heterocycles. The van der Waals surface area contributed by atoms with Gasteiger partial charge in [0.2, 0.25) is 0 Å². The number of nitriles is 1. The Labute approximate surface area is 187 Å². The summed E-state index contributed by atoms with van der Waals surface area (Å²) in [5.74, 6) is 0.451. The Kier molecular flexibility index (Phi) is 7.15. The molecule has 0 saturated carbocycles. The van der Waals surface area contributed by atoms with Crippen LogP contribution in [-0.4, -0.2) is 29.5 Å². The summed E-state index contributed by atoms with van der Waals surface area (Å²) in [5, 5.41) is 24.8. The Balaban J connectivity index is 1.76. The van der Waals surface area contributed by atoms with Crippen molar-refractivity contribution in [3.63, 3.8) is 0 Å². The first-order chi connectivity index (χ1) is 15.4. The molecule has 0 spiro atoms. The lowest BCUT2D eigenvalue weighted by atomic mass is 10.1. The predicted octanol–water partition coefficient (Wildman–Crippen LogP) is 4.67. The fourth-order valence-electron chi connectivity index (χ4n) is 2.75. The molecular weight excluding hydrogens is 432 g/mol. The van der Waals surface area contributed by atoms with E-state index in [0.29, 0.717) is 40.1 Å². The molecule has 10 heteroatoms. The van der Waals surface area contributed by atoms with E-state index < -0.39 is 10.8 Å². The lowest BCUT2D eigenvalue weighted by molar-refractivity contribution is -0.384. The molecule has 0 bridgehead atoms. The molecule has 1 aromatic heterocycles. The molecular formula is C22H18N4O5S. The van der Waals surface area contributed by atoms with Gasteiger partial charge in [0.05, 0.1) is 24.3 Å². The highest BCUT2D eigenvalue weighted by molar-refractivity contribution is 7.14. The molecule has 32 heavy (non-hydrogen) atoms. The zero-order chi connectivity index (χ0) is 23.1. The van der Waals surface area contributed by atoms with Crippen LogP contribution in [0.2, 0.25) is 0 Å². The number of non-ortho nitro benzene ring substituents is 1. The SMILES string of the molecule is CCOc1ccc(C=C(C#N)C(=O)Nc2nc(-c3ccc([N+](=O)[O-])cc3)cs2)cc1OC. The first kappa shape index (κ1) is 22.5. The summed E-state index contributed by atoms with van der Waals surface area (Å²) < 4.78 is 10.8. The van der Waals surface area contributed by atoms with Crippen LogP contribution in [0.3, 0.4) is 0 Å². The second-order valence-corrected chi connectivity index (χ2v) is 7.17. The van der Waals surface area contributed by atoms with E-state index in [0.717, 1.165) is 0 Å². The number of benzene rings is 2. The van der Waals surface area contributed by atoms with Crippen molar-refractivity contribution < 1.29 is 19.2 Å². The van der Waals surface area contributed by atoms with E-state index in [1.807, 2.05) is 13.0 Å². The number of thiazole rings is 1. The zero-order valence-corrected chi connectivity index (χ0v) is 18.0. The highest BCUT2D eigenvalue weighted by atomic mass is 32.1. The van der Waals surface area contributed by atoms with Crippen LogP contribution in [-0.2, 0) is 4.79 Å². The lowest BCUT2D eigenvalue weighted by Gasteiger charge is -2.09. The summed E-state index contributed by atoms with van der Waals surface area (Å²) in [6.45, 7) is 2.34. The van der Waals surface area contributed by atoms with Gasteiger partial charge in [0.1, 0.15) is 11.6 Å². The van der Waals surface area contributed by atoms with Crippen LogP contribution in [0.4, 0.5) is 10.8 Å². The van der Waals surface area contributed by atoms with Crippen molar-refractivity contribution in [2.24, 2.45) is 0 Å². The third-order valence-corrected chi connectivity index (χ3v) is 5.02. The number of nitrogens with zero attached hydrogens (tertiary/aromatic N) is 3. The van der Waals surface area contributed by atoms with E-state index in [2.05, 4.69) is 10.3 Å². The Hall–Kier alpha value is -4.23. The fourth-order valence-corrected chi connectivity index (χ4v) is 3.46. The Morgan fingerprint density at radius 2 is 2.03 bits per heavy atom. The molecule has 3 aromatic rings. The van der Waals surface area contributed by atoms with Crippen LogP contribution in [0.15, 0.2) is 53.4 Å². The third kappa shape index (κ3) is 5.27. The number of ether oxygens (including phenoxy) is 2. The summed E-state index contributed by atoms with van der Waals surface area (Å²) in [5.41, 5.74) is 1.70. The number of nitro benzene ring substituents is 1. The number of nitro groups is 1. The number of carbonyl (C=O) groups excluding carboxylic acids is 1. The second-order valence-electron chi connectivity index (χ2n) is 6.31. The minimum absolute atomic E-state index is 0.0211. The van der Waals surface area contributed by atoms with Gasteiger partial charge in [-0.15, -0.1) is 11.3 Å². The number of hydrogen-bond acceptors (Lipinski definition) is 8. The molecule has 0 aliphatic rings. The first-order valence-electron chi connectivity index (χ1n) is 9.39. The first-order valence-corrected chi connectivity index (χ1v) is 10.3. The molecule has 1 heterocycles. The van der Waals surface area contributed by atoms with Crippen molar-refractivity contribution in [2.75, 3.05) is 19.0 Å². The number of hydrogen-bond donors (Lipinski definition) is 1. The van der Waals surface area contributed by atoms with Gasteiger partial charge in [-0.25, -0.2) is 4.98 Å². The van der Waals surface area contributed by atoms with Gasteiger partial charge in [-0.1, -0.05) is 6.07 Å². The molecule has 0 unspecified atom stereocenters. The van der Waals surface area contributed by atoms with E-state index >= 15 is 0 Å². The number of methoxy groups -OCH3 is 1. The fraction of sp³-hybridized carbons (Fsp3) is 0.136. The molecule has 3 rings (SSSR count). The van der Waals surface area contributed by atoms with E-state index in [4.69, 9.17) is 9.47 Å². The Bertz CT molecular complexity index is 1210. The van der Waals surface area contributed by atoms with Crippen molar-refractivity contribution in [2.45, 2.75) is 6.92 Å². The van der Waals surface area contributed by atoms with Crippen LogP contribution in [0, 0.1) is 21.4 Å². The quantitative estimate of drug-likeness (QED) is 0.229. The van der Waals surface area contributed by atoms with Gasteiger partial charge in [-0.05, 0) is 42.8 Å². The summed E-state index contributed by atoms with van der Waals surface area (Å²) in [6.07, 6.45) is 1.44. The van der Waals surface area contributed by atoms with Crippen molar-refractivity contribution in [3.8, 4) is 28.8 Å². The predicted molar refractivity (Wildman–Crippen MR) is 121 cm³/mol. The summed E-state index contributed by atoms with van der Waals surface area (Å²) in [6, 6.07) is 12.9. The van der Waals surface area contributed by atoms with E-state index in [1.54, 1.807) is 35.7 Å². The maximum atomic E-state index is 12.6. The topological polar surface area (TPSA) is 127 Å². The maximum absolute atomic E-state index is 12.6. The normalized spacial score (nSPS) is 10.8. The van der Waals surface area contributed by atoms with Crippen LogP contribution < -0.4 is 14.8 Å². The van der Waals surface area contributed by atoms with Crippen LogP contribution >= 0.6 is 11.3 Å². The monoisotopic (exact) mass is 450 g/mol. The van der Waals surface area contributed by atoms with Gasteiger partial charge in [-0.3, -0.25) is 20.2 Å². The summed E-state index contributed by atoms with van der Waals surface area (Å²) in [4.78, 5) is 27.2. The average Bonchev–Trinajstić information content (AvgIpc) is 3.26. The van der Waals surface area contributed by atoms with Gasteiger partial charge in [0.15, 0.2) is 16.6 Å². The Morgan fingerprint density at radius 1 is 1.28 bits per heavy atom. The molecule has 9 nitrogen and oxygen atoms in total. The number of carbonyl (C=O) groups is 1. The zero-order valence-electron chi connectivity index (χ0n) is 17.2. The summed E-state index contributed by atoms with van der Waals surface area (Å²) in [7, 11) is 1.51. The van der Waals surface area contributed by atoms with Gasteiger partial charge in [-0.2, -0.15) is 5.26 Å². The van der Waals surface area contributed by atoms with Crippen molar-refractivity contribution in [1.29, 1.82) is 5.26 Å².